The highest BCUT2D eigenvalue weighted by Crippen LogP contribution is 2.27. The normalized spacial score (nSPS) is 10.9. The fourth-order valence-electron chi connectivity index (χ4n) is 0.706. The van der Waals surface area contributed by atoms with Crippen molar-refractivity contribution in [1.82, 2.24) is 4.98 Å². The maximum absolute atomic E-state index is 8.81. The molecule has 0 bridgehead atoms. The predicted molar refractivity (Wildman–Crippen MR) is 42.6 cm³/mol. The first kappa shape index (κ1) is 8.08. The van der Waals surface area contributed by atoms with Gasteiger partial charge in [0.05, 0.1) is 10.7 Å². The van der Waals surface area contributed by atoms with Gasteiger partial charge < -0.3 is 9.79 Å². The highest BCUT2D eigenvalue weighted by molar-refractivity contribution is 7.62. The number of aryl methyl sites for hydroxylation is 2. The second-order valence-corrected chi connectivity index (χ2v) is 4.44. The predicted octanol–water partition coefficient (Wildman–Crippen LogP) is 0.682. The van der Waals surface area contributed by atoms with Gasteiger partial charge in [-0.2, -0.15) is 0 Å². The lowest BCUT2D eigenvalue weighted by atomic mass is 10.6. The van der Waals surface area contributed by atoms with Gasteiger partial charge in [0.25, 0.3) is 0 Å². The Morgan fingerprint density at radius 2 is 2.00 bits per heavy atom. The molecule has 3 nitrogen and oxygen atoms in total. The van der Waals surface area contributed by atoms with Crippen LogP contribution in [0.25, 0.3) is 0 Å². The fourth-order valence-corrected chi connectivity index (χ4v) is 2.42. The Morgan fingerprint density at radius 1 is 1.40 bits per heavy atom. The smallest absolute Gasteiger partial charge is 0.212 e. The quantitative estimate of drug-likeness (QED) is 0.620. The second-order valence-electron chi connectivity index (χ2n) is 1.91. The van der Waals surface area contributed by atoms with E-state index in [0.29, 0.717) is 4.62 Å². The Morgan fingerprint density at radius 3 is 2.20 bits per heavy atom. The summed E-state index contributed by atoms with van der Waals surface area (Å²) in [5, 5.41) is 0.878. The molecule has 56 valence electrons. The van der Waals surface area contributed by atoms with E-state index in [-0.39, 0.29) is 0 Å². The van der Waals surface area contributed by atoms with Crippen molar-refractivity contribution >= 4 is 24.3 Å². The van der Waals surface area contributed by atoms with E-state index in [0.717, 1.165) is 10.7 Å². The maximum atomic E-state index is 8.81. The van der Waals surface area contributed by atoms with Crippen LogP contribution in [0.3, 0.4) is 0 Å². The molecule has 2 N–H and O–H groups in total. The van der Waals surface area contributed by atoms with Gasteiger partial charge in [0.2, 0.25) is 8.38 Å². The molecule has 1 aromatic rings. The lowest BCUT2D eigenvalue weighted by molar-refractivity contribution is 0.497. The monoisotopic (exact) mass is 177 g/mol. The van der Waals surface area contributed by atoms with Crippen molar-refractivity contribution in [2.75, 3.05) is 0 Å². The minimum atomic E-state index is -1.94. The van der Waals surface area contributed by atoms with E-state index in [9.17, 15) is 0 Å². The summed E-state index contributed by atoms with van der Waals surface area (Å²) >= 11 is 1.34. The number of hydrogen-bond donors (Lipinski definition) is 2. The zero-order chi connectivity index (χ0) is 7.72. The average molecular weight is 177 g/mol. The third-order valence-corrected chi connectivity index (χ3v) is 3.39. The first-order valence-corrected chi connectivity index (χ1v) is 4.79. The molecule has 0 fully saturated rings. The Labute approximate surface area is 64.3 Å². The molecular formula is C5H8NO2PS. The van der Waals surface area contributed by atoms with Crippen molar-refractivity contribution in [3.63, 3.8) is 0 Å². The molecule has 0 radical (unpaired) electrons. The van der Waals surface area contributed by atoms with Crippen LogP contribution in [0, 0.1) is 13.8 Å². The van der Waals surface area contributed by atoms with E-state index in [1.807, 2.05) is 6.92 Å². The summed E-state index contributed by atoms with van der Waals surface area (Å²) < 4.78 is 0.604. The van der Waals surface area contributed by atoms with Crippen LogP contribution in [0.1, 0.15) is 10.7 Å². The highest BCUT2D eigenvalue weighted by Gasteiger charge is 2.11. The molecule has 0 saturated heterocycles. The van der Waals surface area contributed by atoms with Crippen molar-refractivity contribution in [2.45, 2.75) is 13.8 Å². The van der Waals surface area contributed by atoms with E-state index in [4.69, 9.17) is 9.79 Å². The van der Waals surface area contributed by atoms with Crippen molar-refractivity contribution in [3.8, 4) is 0 Å². The average Bonchev–Trinajstić information content (AvgIpc) is 2.10. The van der Waals surface area contributed by atoms with E-state index < -0.39 is 8.38 Å². The number of rotatable bonds is 1. The largest absolute Gasteiger partial charge is 0.346 e. The molecule has 0 unspecified atom stereocenters. The number of hydrogen-bond acceptors (Lipinski definition) is 4. The van der Waals surface area contributed by atoms with Gasteiger partial charge in [-0.05, 0) is 13.8 Å². The van der Waals surface area contributed by atoms with Crippen LogP contribution in [-0.4, -0.2) is 14.8 Å². The topological polar surface area (TPSA) is 53.4 Å². The summed E-state index contributed by atoms with van der Waals surface area (Å²) in [6.07, 6.45) is 0. The summed E-state index contributed by atoms with van der Waals surface area (Å²) in [7, 11) is -1.94. The summed E-state index contributed by atoms with van der Waals surface area (Å²) in [6, 6.07) is 0. The maximum Gasteiger partial charge on any atom is 0.212 e. The fraction of sp³-hybridized carbons (Fsp3) is 0.400. The van der Waals surface area contributed by atoms with Crippen LogP contribution < -0.4 is 4.62 Å². The lowest BCUT2D eigenvalue weighted by Crippen LogP contribution is -1.96. The molecule has 0 amide bonds. The van der Waals surface area contributed by atoms with Gasteiger partial charge in [-0.25, -0.2) is 4.98 Å². The Hall–Kier alpha value is -0.0200. The first-order chi connectivity index (χ1) is 4.61. The van der Waals surface area contributed by atoms with E-state index in [2.05, 4.69) is 4.98 Å². The standard InChI is InChI=1S/C5H8NO2PS/c1-3-5(9(7)8)10-4(2)6-3/h7-8H,1-2H3. The van der Waals surface area contributed by atoms with Crippen molar-refractivity contribution < 1.29 is 9.79 Å². The number of thiazole rings is 1. The summed E-state index contributed by atoms with van der Waals surface area (Å²) in [4.78, 5) is 21.7. The molecule has 0 aliphatic carbocycles. The summed E-state index contributed by atoms with van der Waals surface area (Å²) in [5.41, 5.74) is 0.735. The molecule has 10 heavy (non-hydrogen) atoms. The molecule has 1 rings (SSSR count). The van der Waals surface area contributed by atoms with Crippen molar-refractivity contribution in [2.24, 2.45) is 0 Å². The molecule has 0 saturated carbocycles. The molecular weight excluding hydrogens is 169 g/mol. The molecule has 1 heterocycles. The molecule has 0 aliphatic rings. The highest BCUT2D eigenvalue weighted by atomic mass is 32.1. The zero-order valence-electron chi connectivity index (χ0n) is 5.70. The third kappa shape index (κ3) is 1.52. The van der Waals surface area contributed by atoms with Crippen LogP contribution in [0.15, 0.2) is 0 Å². The lowest BCUT2D eigenvalue weighted by Gasteiger charge is -1.95. The second kappa shape index (κ2) is 2.93. The van der Waals surface area contributed by atoms with Gasteiger partial charge in [-0.15, -0.1) is 11.3 Å². The third-order valence-electron chi connectivity index (χ3n) is 1.06. The van der Waals surface area contributed by atoms with Gasteiger partial charge in [-0.1, -0.05) is 0 Å². The number of aromatic nitrogens is 1. The Bertz CT molecular complexity index is 236. The SMILES string of the molecule is Cc1nc(C)c(P(O)O)s1. The van der Waals surface area contributed by atoms with Gasteiger partial charge in [-0.3, -0.25) is 0 Å². The van der Waals surface area contributed by atoms with E-state index >= 15 is 0 Å². The van der Waals surface area contributed by atoms with Crippen LogP contribution in [0.4, 0.5) is 0 Å². The van der Waals surface area contributed by atoms with Crippen molar-refractivity contribution in [1.29, 1.82) is 0 Å². The molecule has 0 aromatic carbocycles. The first-order valence-electron chi connectivity index (χ1n) is 2.73. The van der Waals surface area contributed by atoms with E-state index in [1.165, 1.54) is 11.3 Å². The minimum absolute atomic E-state index is 0.604. The summed E-state index contributed by atoms with van der Waals surface area (Å²) in [6.45, 7) is 3.63. The number of nitrogens with zero attached hydrogens (tertiary/aromatic N) is 1. The molecule has 0 spiro atoms. The molecule has 0 aliphatic heterocycles. The van der Waals surface area contributed by atoms with Crippen LogP contribution in [0.2, 0.25) is 0 Å². The Balaban J connectivity index is 3.03. The van der Waals surface area contributed by atoms with Gasteiger partial charge in [0.15, 0.2) is 0 Å². The molecule has 1 aromatic heterocycles. The molecule has 0 atom stereocenters. The molecule has 5 heteroatoms. The summed E-state index contributed by atoms with van der Waals surface area (Å²) in [5.74, 6) is 0. The minimum Gasteiger partial charge on any atom is -0.346 e. The van der Waals surface area contributed by atoms with Crippen molar-refractivity contribution in [3.05, 3.63) is 10.7 Å². The van der Waals surface area contributed by atoms with Crippen LogP contribution in [-0.2, 0) is 0 Å². The van der Waals surface area contributed by atoms with E-state index in [1.54, 1.807) is 6.92 Å². The van der Waals surface area contributed by atoms with Gasteiger partial charge in [0.1, 0.15) is 4.62 Å². The van der Waals surface area contributed by atoms with Crippen LogP contribution in [0.5, 0.6) is 0 Å². The zero-order valence-corrected chi connectivity index (χ0v) is 7.41. The van der Waals surface area contributed by atoms with Gasteiger partial charge >= 0.3 is 0 Å². The van der Waals surface area contributed by atoms with Gasteiger partial charge in [0, 0.05) is 0 Å². The van der Waals surface area contributed by atoms with Crippen LogP contribution >= 0.6 is 19.7 Å². The Kier molecular flexibility index (Phi) is 2.36.